The van der Waals surface area contributed by atoms with Crippen molar-refractivity contribution in [2.75, 3.05) is 58.5 Å². The second-order valence-corrected chi connectivity index (χ2v) is 17.0. The Kier molecular flexibility index (Phi) is 19.9. The first-order valence-corrected chi connectivity index (χ1v) is 22.3. The lowest BCUT2D eigenvalue weighted by Crippen LogP contribution is -2.62. The topological polar surface area (TPSA) is 333 Å². The van der Waals surface area contributed by atoms with Gasteiger partial charge in [-0.25, -0.2) is 4.79 Å². The van der Waals surface area contributed by atoms with Gasteiger partial charge in [0.15, 0.2) is 6.29 Å². The molecule has 0 unspecified atom stereocenters. The summed E-state index contributed by atoms with van der Waals surface area (Å²) < 4.78 is 69.1. The fourth-order valence-corrected chi connectivity index (χ4v) is 8.87. The van der Waals surface area contributed by atoms with Gasteiger partial charge in [-0.15, -0.1) is 10.2 Å². The average molecular weight is 970 g/mol. The number of amides is 4. The number of aliphatic hydroxyl groups excluding tert-OH is 7. The first kappa shape index (κ1) is 53.0. The fraction of sp³-hybridized carbons (Fsp3) is 0.744. The molecule has 4 heterocycles. The molecule has 23 nitrogen and oxygen atoms in total. The minimum absolute atomic E-state index is 0.00603. The summed E-state index contributed by atoms with van der Waals surface area (Å²) in [5.74, 6) is 0.00456. The molecular formula is C39H58F3N7O16S. The summed E-state index contributed by atoms with van der Waals surface area (Å²) in [5.41, 5.74) is -2.91. The molecule has 12 atom stereocenters. The average Bonchev–Trinajstić information content (AvgIpc) is 3.92. The number of aliphatic hydroxyl groups is 7. The van der Waals surface area contributed by atoms with Crippen LogP contribution in [0.25, 0.3) is 0 Å². The Morgan fingerprint density at radius 1 is 1.05 bits per heavy atom. The zero-order chi connectivity index (χ0) is 48.0. The van der Waals surface area contributed by atoms with Crippen LogP contribution >= 0.6 is 11.8 Å². The molecule has 0 saturated carbocycles. The van der Waals surface area contributed by atoms with E-state index in [9.17, 15) is 63.3 Å². The molecule has 4 amide bonds. The number of nitrogens with one attached hydrogen (secondary N) is 4. The molecule has 0 spiro atoms. The maximum Gasteiger partial charge on any atom is 0.442 e. The van der Waals surface area contributed by atoms with Crippen molar-refractivity contribution in [3.8, 4) is 5.75 Å². The third-order valence-corrected chi connectivity index (χ3v) is 12.5. The molecule has 4 aliphatic rings. The van der Waals surface area contributed by atoms with Gasteiger partial charge < -0.3 is 85.5 Å². The number of hydrogen-bond donors (Lipinski definition) is 11. The number of urea groups is 1. The summed E-state index contributed by atoms with van der Waals surface area (Å²) in [5, 5.41) is 93.1. The van der Waals surface area contributed by atoms with Crippen LogP contribution in [0.5, 0.6) is 5.75 Å². The van der Waals surface area contributed by atoms with Crippen molar-refractivity contribution >= 4 is 35.8 Å². The van der Waals surface area contributed by atoms with Gasteiger partial charge in [0.1, 0.15) is 61.7 Å². The molecule has 5 rings (SSSR count). The van der Waals surface area contributed by atoms with Crippen LogP contribution < -0.4 is 26.0 Å². The molecule has 1 aromatic carbocycles. The van der Waals surface area contributed by atoms with Gasteiger partial charge in [-0.05, 0) is 18.9 Å². The third-order valence-electron chi connectivity index (χ3n) is 11.0. The van der Waals surface area contributed by atoms with E-state index in [4.69, 9.17) is 28.5 Å². The molecule has 3 saturated heterocycles. The van der Waals surface area contributed by atoms with E-state index < -0.39 is 92.6 Å². The lowest BCUT2D eigenvalue weighted by atomic mass is 9.98. The summed E-state index contributed by atoms with van der Waals surface area (Å²) in [6, 6.07) is 2.12. The SMILES string of the molecule is CC(=O)N[C@@H](/C=N\OCc1ccc(C2(C(F)(F)F)N=N2)cc1OCCOCCOCCNC(=O)CCCC[C@@H]1SC[C@H]2NC(=O)N[C@@H]12)[C@@H](O)[C@H](O[C@@H]1O[C@H](CO)[C@H](O)[C@H](O)[C@H]1O)[C@H](O)CO. The number of alkyl halides is 3. The number of halogens is 3. The third kappa shape index (κ3) is 14.3. The Balaban J connectivity index is 1.07. The molecule has 0 aliphatic carbocycles. The van der Waals surface area contributed by atoms with Crippen LogP contribution in [0.3, 0.4) is 0 Å². The van der Waals surface area contributed by atoms with Crippen molar-refractivity contribution in [2.24, 2.45) is 15.4 Å². The Bertz CT molecular complexity index is 1800. The molecule has 27 heteroatoms. The molecule has 0 bridgehead atoms. The van der Waals surface area contributed by atoms with E-state index in [0.29, 0.717) is 18.2 Å². The minimum Gasteiger partial charge on any atom is -0.491 e. The molecule has 0 aromatic heterocycles. The smallest absolute Gasteiger partial charge is 0.442 e. The van der Waals surface area contributed by atoms with Crippen molar-refractivity contribution < 1.29 is 91.8 Å². The van der Waals surface area contributed by atoms with E-state index >= 15 is 0 Å². The minimum atomic E-state index is -4.83. The van der Waals surface area contributed by atoms with E-state index in [0.717, 1.165) is 50.3 Å². The van der Waals surface area contributed by atoms with Crippen LogP contribution in [-0.4, -0.2) is 197 Å². The second kappa shape index (κ2) is 24.9. The van der Waals surface area contributed by atoms with Crippen molar-refractivity contribution in [2.45, 2.75) is 123 Å². The number of unbranched alkanes of at least 4 members (excludes halogenated alkanes) is 1. The summed E-state index contributed by atoms with van der Waals surface area (Å²) in [7, 11) is 0. The molecule has 11 N–H and O–H groups in total. The number of hydrogen-bond acceptors (Lipinski definition) is 20. The Morgan fingerprint density at radius 2 is 1.77 bits per heavy atom. The molecule has 4 aliphatic heterocycles. The molecule has 1 aromatic rings. The van der Waals surface area contributed by atoms with Gasteiger partial charge in [-0.2, -0.15) is 24.9 Å². The highest BCUT2D eigenvalue weighted by molar-refractivity contribution is 8.00. The zero-order valence-electron chi connectivity index (χ0n) is 35.8. The molecule has 0 radical (unpaired) electrons. The molecular weight excluding hydrogens is 912 g/mol. The Labute approximate surface area is 380 Å². The quantitative estimate of drug-likeness (QED) is 0.0188. The van der Waals surface area contributed by atoms with Crippen molar-refractivity contribution in [1.82, 2.24) is 21.3 Å². The number of rotatable bonds is 28. The number of benzene rings is 1. The summed E-state index contributed by atoms with van der Waals surface area (Å²) in [6.45, 7) is -0.469. The van der Waals surface area contributed by atoms with Crippen molar-refractivity contribution in [1.29, 1.82) is 0 Å². The predicted octanol–water partition coefficient (Wildman–Crippen LogP) is -1.97. The van der Waals surface area contributed by atoms with E-state index in [2.05, 4.69) is 36.7 Å². The normalized spacial score (nSPS) is 27.3. The number of carbonyl (C=O) groups excluding carboxylic acids is 3. The van der Waals surface area contributed by atoms with Crippen molar-refractivity contribution in [3.63, 3.8) is 0 Å². The van der Waals surface area contributed by atoms with Crippen LogP contribution in [0.2, 0.25) is 0 Å². The predicted molar refractivity (Wildman–Crippen MR) is 222 cm³/mol. The highest BCUT2D eigenvalue weighted by Gasteiger charge is 2.65. The lowest BCUT2D eigenvalue weighted by molar-refractivity contribution is -0.324. The van der Waals surface area contributed by atoms with Crippen LogP contribution in [0.4, 0.5) is 18.0 Å². The maximum absolute atomic E-state index is 13.9. The number of fused-ring (bicyclic) bond motifs is 1. The van der Waals surface area contributed by atoms with Gasteiger partial charge in [0.05, 0.1) is 64.0 Å². The van der Waals surface area contributed by atoms with E-state index in [-0.39, 0.29) is 73.9 Å². The van der Waals surface area contributed by atoms with Gasteiger partial charge in [0.2, 0.25) is 11.8 Å². The Morgan fingerprint density at radius 3 is 2.45 bits per heavy atom. The van der Waals surface area contributed by atoms with Gasteiger partial charge in [0.25, 0.3) is 0 Å². The fourth-order valence-electron chi connectivity index (χ4n) is 7.33. The van der Waals surface area contributed by atoms with Gasteiger partial charge >= 0.3 is 17.9 Å². The molecule has 66 heavy (non-hydrogen) atoms. The first-order valence-electron chi connectivity index (χ1n) is 21.2. The monoisotopic (exact) mass is 969 g/mol. The van der Waals surface area contributed by atoms with E-state index in [1.165, 1.54) is 6.07 Å². The summed E-state index contributed by atoms with van der Waals surface area (Å²) >= 11 is 1.83. The standard InChI is InChI=1S/C39H58F3N7O16S/c1-20(52)45-23(31(55)35(25(53)16-50)65-36-34(58)33(57)32(56)27(17-51)64-36)15-44-63-18-21-6-7-22(38(48-49-38)39(40,41)42)14-26(21)62-13-12-61-11-10-60-9-8-43-29(54)5-3-2-4-28-30-24(19-66-28)46-37(59)47-30/h6-7,14-15,23-25,27-28,30-36,50-51,53,55-58H,2-5,8-13,16-19H2,1H3,(H,43,54)(H,45,52)(H2,46,47,59)/b44-15-/t23-,24+,25+,27+,28-,30+,31+,32-,33-,34+,35+,36-/m0/s1. The number of nitrogens with zero attached hydrogens (tertiary/aromatic N) is 3. The van der Waals surface area contributed by atoms with Gasteiger partial charge in [-0.3, -0.25) is 9.59 Å². The number of oxime groups is 1. The van der Waals surface area contributed by atoms with Crippen LogP contribution in [0, 0.1) is 0 Å². The lowest BCUT2D eigenvalue weighted by Gasteiger charge is -2.42. The number of ether oxygens (including phenoxy) is 5. The first-order chi connectivity index (χ1) is 31.5. The van der Waals surface area contributed by atoms with Crippen LogP contribution in [-0.2, 0) is 45.6 Å². The maximum atomic E-state index is 13.9. The molecule has 372 valence electrons. The number of thioether (sulfide) groups is 1. The van der Waals surface area contributed by atoms with Crippen LogP contribution in [0.15, 0.2) is 33.6 Å². The summed E-state index contributed by atoms with van der Waals surface area (Å²) in [4.78, 5) is 41.2. The molecule has 3 fully saturated rings. The van der Waals surface area contributed by atoms with Crippen molar-refractivity contribution in [3.05, 3.63) is 29.3 Å². The van der Waals surface area contributed by atoms with Crippen LogP contribution in [0.1, 0.15) is 43.7 Å². The number of carbonyl (C=O) groups is 3. The zero-order valence-corrected chi connectivity index (χ0v) is 36.6. The highest BCUT2D eigenvalue weighted by atomic mass is 32.2. The van der Waals surface area contributed by atoms with Gasteiger partial charge in [0, 0.05) is 42.0 Å². The van der Waals surface area contributed by atoms with E-state index in [1.807, 2.05) is 11.8 Å². The second-order valence-electron chi connectivity index (χ2n) is 15.8. The van der Waals surface area contributed by atoms with E-state index in [1.54, 1.807) is 0 Å². The highest BCUT2D eigenvalue weighted by Crippen LogP contribution is 2.53. The largest absolute Gasteiger partial charge is 0.491 e. The Hall–Kier alpha value is -4.00. The van der Waals surface area contributed by atoms with Gasteiger partial charge in [-0.1, -0.05) is 23.7 Å². The summed E-state index contributed by atoms with van der Waals surface area (Å²) in [6.07, 6.45) is -15.7.